The standard InChI is InChI=1S/C14H16N2O/c1-14(10-15,11-16)8-4-6-12-5-3-7-13(9-12)17-2/h3,5,7,9H,4,6,8H2,1-2H3. The molecule has 0 amide bonds. The van der Waals surface area contributed by atoms with Crippen molar-refractivity contribution in [2.45, 2.75) is 26.2 Å². The van der Waals surface area contributed by atoms with Gasteiger partial charge in [-0.2, -0.15) is 10.5 Å². The maximum Gasteiger partial charge on any atom is 0.141 e. The largest absolute Gasteiger partial charge is 0.497 e. The maximum absolute atomic E-state index is 8.87. The van der Waals surface area contributed by atoms with E-state index in [0.29, 0.717) is 6.42 Å². The van der Waals surface area contributed by atoms with Crippen LogP contribution in [0.3, 0.4) is 0 Å². The second kappa shape index (κ2) is 5.92. The fourth-order valence-electron chi connectivity index (χ4n) is 1.61. The summed E-state index contributed by atoms with van der Waals surface area (Å²) in [5, 5.41) is 17.7. The predicted octanol–water partition coefficient (Wildman–Crippen LogP) is 3.07. The molecule has 0 fully saturated rings. The van der Waals surface area contributed by atoms with E-state index < -0.39 is 5.41 Å². The smallest absolute Gasteiger partial charge is 0.141 e. The number of hydrogen-bond acceptors (Lipinski definition) is 3. The van der Waals surface area contributed by atoms with Crippen LogP contribution >= 0.6 is 0 Å². The van der Waals surface area contributed by atoms with Crippen LogP contribution in [-0.4, -0.2) is 7.11 Å². The Labute approximate surface area is 102 Å². The minimum absolute atomic E-state index is 0.594. The molecule has 0 saturated carbocycles. The molecule has 0 spiro atoms. The molecular formula is C14H16N2O. The van der Waals surface area contributed by atoms with Crippen molar-refractivity contribution in [3.8, 4) is 17.9 Å². The third-order valence-corrected chi connectivity index (χ3v) is 2.77. The van der Waals surface area contributed by atoms with Crippen molar-refractivity contribution in [1.82, 2.24) is 0 Å². The fraction of sp³-hybridized carbons (Fsp3) is 0.429. The van der Waals surface area contributed by atoms with E-state index in [4.69, 9.17) is 15.3 Å². The molecule has 1 aromatic rings. The van der Waals surface area contributed by atoms with Crippen molar-refractivity contribution in [1.29, 1.82) is 10.5 Å². The number of nitriles is 2. The van der Waals surface area contributed by atoms with Crippen molar-refractivity contribution < 1.29 is 4.74 Å². The Morgan fingerprint density at radius 1 is 1.29 bits per heavy atom. The van der Waals surface area contributed by atoms with Gasteiger partial charge in [0.15, 0.2) is 0 Å². The van der Waals surface area contributed by atoms with E-state index in [2.05, 4.69) is 12.1 Å². The van der Waals surface area contributed by atoms with Gasteiger partial charge in [-0.1, -0.05) is 12.1 Å². The first-order valence-electron chi connectivity index (χ1n) is 5.59. The van der Waals surface area contributed by atoms with Gasteiger partial charge < -0.3 is 4.74 Å². The van der Waals surface area contributed by atoms with Gasteiger partial charge >= 0.3 is 0 Å². The maximum atomic E-state index is 8.87. The highest BCUT2D eigenvalue weighted by atomic mass is 16.5. The summed E-state index contributed by atoms with van der Waals surface area (Å²) >= 11 is 0. The first-order chi connectivity index (χ1) is 8.13. The van der Waals surface area contributed by atoms with E-state index in [0.717, 1.165) is 18.6 Å². The van der Waals surface area contributed by atoms with Gasteiger partial charge in [0.25, 0.3) is 0 Å². The van der Waals surface area contributed by atoms with Crippen LogP contribution in [0, 0.1) is 28.1 Å². The Balaban J connectivity index is 2.52. The second-order valence-electron chi connectivity index (χ2n) is 4.26. The van der Waals surface area contributed by atoms with E-state index in [1.54, 1.807) is 14.0 Å². The summed E-state index contributed by atoms with van der Waals surface area (Å²) in [7, 11) is 1.64. The van der Waals surface area contributed by atoms with Gasteiger partial charge in [0.2, 0.25) is 0 Å². The molecule has 17 heavy (non-hydrogen) atoms. The molecule has 0 radical (unpaired) electrons. The Morgan fingerprint density at radius 2 is 2.00 bits per heavy atom. The monoisotopic (exact) mass is 228 g/mol. The zero-order chi connectivity index (χ0) is 12.7. The Hall–Kier alpha value is -2.00. The second-order valence-corrected chi connectivity index (χ2v) is 4.26. The van der Waals surface area contributed by atoms with E-state index in [9.17, 15) is 0 Å². The number of ether oxygens (including phenoxy) is 1. The van der Waals surface area contributed by atoms with Crippen molar-refractivity contribution in [3.05, 3.63) is 29.8 Å². The number of nitrogens with zero attached hydrogens (tertiary/aromatic N) is 2. The molecule has 1 rings (SSSR count). The molecule has 0 aliphatic carbocycles. The molecule has 0 N–H and O–H groups in total. The summed E-state index contributed by atoms with van der Waals surface area (Å²) in [5.74, 6) is 0.839. The molecule has 0 atom stereocenters. The Bertz CT molecular complexity index is 440. The van der Waals surface area contributed by atoms with Gasteiger partial charge in [-0.25, -0.2) is 0 Å². The molecular weight excluding hydrogens is 212 g/mol. The minimum atomic E-state index is -0.862. The lowest BCUT2D eigenvalue weighted by Crippen LogP contribution is -2.10. The van der Waals surface area contributed by atoms with Gasteiger partial charge in [-0.3, -0.25) is 0 Å². The fourth-order valence-corrected chi connectivity index (χ4v) is 1.61. The topological polar surface area (TPSA) is 56.8 Å². The lowest BCUT2D eigenvalue weighted by molar-refractivity contribution is 0.414. The van der Waals surface area contributed by atoms with E-state index in [-0.39, 0.29) is 0 Å². The highest BCUT2D eigenvalue weighted by Crippen LogP contribution is 2.23. The summed E-state index contributed by atoms with van der Waals surface area (Å²) < 4.78 is 5.14. The summed E-state index contributed by atoms with van der Waals surface area (Å²) in [4.78, 5) is 0. The summed E-state index contributed by atoms with van der Waals surface area (Å²) in [6.07, 6.45) is 2.28. The molecule has 0 saturated heterocycles. The van der Waals surface area contributed by atoms with Crippen LogP contribution in [0.1, 0.15) is 25.3 Å². The Morgan fingerprint density at radius 3 is 2.59 bits per heavy atom. The highest BCUT2D eigenvalue weighted by Gasteiger charge is 2.22. The summed E-state index contributed by atoms with van der Waals surface area (Å²) in [5.41, 5.74) is 0.307. The molecule has 3 nitrogen and oxygen atoms in total. The molecule has 0 bridgehead atoms. The van der Waals surface area contributed by atoms with Crippen LogP contribution in [-0.2, 0) is 6.42 Å². The average molecular weight is 228 g/mol. The first-order valence-corrected chi connectivity index (χ1v) is 5.59. The number of aryl methyl sites for hydroxylation is 1. The van der Waals surface area contributed by atoms with Crippen molar-refractivity contribution in [3.63, 3.8) is 0 Å². The first kappa shape index (κ1) is 13.1. The van der Waals surface area contributed by atoms with E-state index in [1.165, 1.54) is 5.56 Å². The zero-order valence-corrected chi connectivity index (χ0v) is 10.2. The molecule has 3 heteroatoms. The van der Waals surface area contributed by atoms with Crippen LogP contribution in [0.2, 0.25) is 0 Å². The van der Waals surface area contributed by atoms with Gasteiger partial charge in [-0.15, -0.1) is 0 Å². The van der Waals surface area contributed by atoms with Crippen molar-refractivity contribution in [2.24, 2.45) is 5.41 Å². The van der Waals surface area contributed by atoms with Crippen LogP contribution in [0.4, 0.5) is 0 Å². The third kappa shape index (κ3) is 3.81. The van der Waals surface area contributed by atoms with Gasteiger partial charge in [0, 0.05) is 0 Å². The lowest BCUT2D eigenvalue weighted by atomic mass is 9.87. The number of methoxy groups -OCH3 is 1. The van der Waals surface area contributed by atoms with E-state index in [1.807, 2.05) is 24.3 Å². The molecule has 0 aliphatic rings. The van der Waals surface area contributed by atoms with Crippen LogP contribution in [0.5, 0.6) is 5.75 Å². The minimum Gasteiger partial charge on any atom is -0.497 e. The molecule has 0 aliphatic heterocycles. The van der Waals surface area contributed by atoms with Crippen molar-refractivity contribution >= 4 is 0 Å². The average Bonchev–Trinajstić information content (AvgIpc) is 2.39. The van der Waals surface area contributed by atoms with Crippen molar-refractivity contribution in [2.75, 3.05) is 7.11 Å². The molecule has 1 aromatic carbocycles. The van der Waals surface area contributed by atoms with Crippen LogP contribution in [0.25, 0.3) is 0 Å². The van der Waals surface area contributed by atoms with Gasteiger partial charge in [-0.05, 0) is 43.9 Å². The number of hydrogen-bond donors (Lipinski definition) is 0. The normalized spacial score (nSPS) is 10.4. The zero-order valence-electron chi connectivity index (χ0n) is 10.2. The van der Waals surface area contributed by atoms with Gasteiger partial charge in [0.1, 0.15) is 11.2 Å². The SMILES string of the molecule is COc1cccc(CCCC(C)(C#N)C#N)c1. The predicted molar refractivity (Wildman–Crippen MR) is 65.3 cm³/mol. The summed E-state index contributed by atoms with van der Waals surface area (Å²) in [6, 6.07) is 12.0. The van der Waals surface area contributed by atoms with Crippen LogP contribution in [0.15, 0.2) is 24.3 Å². The lowest BCUT2D eigenvalue weighted by Gasteiger charge is -2.11. The quantitative estimate of drug-likeness (QED) is 0.778. The van der Waals surface area contributed by atoms with Gasteiger partial charge in [0.05, 0.1) is 19.2 Å². The molecule has 0 heterocycles. The molecule has 0 aromatic heterocycles. The summed E-state index contributed by atoms with van der Waals surface area (Å²) in [6.45, 7) is 1.68. The Kier molecular flexibility index (Phi) is 4.55. The van der Waals surface area contributed by atoms with E-state index >= 15 is 0 Å². The molecule has 88 valence electrons. The highest BCUT2D eigenvalue weighted by molar-refractivity contribution is 5.28. The molecule has 0 unspecified atom stereocenters. The van der Waals surface area contributed by atoms with Crippen LogP contribution < -0.4 is 4.74 Å². The number of benzene rings is 1. The number of rotatable bonds is 5. The third-order valence-electron chi connectivity index (χ3n) is 2.77.